The first kappa shape index (κ1) is 14.9. The average molecular weight is 306 g/mol. The molecule has 4 rings (SSSR count). The quantitative estimate of drug-likeness (QED) is 0.834. The Morgan fingerprint density at radius 1 is 0.913 bits per heavy atom. The van der Waals surface area contributed by atoms with Crippen molar-refractivity contribution >= 4 is 0 Å². The summed E-state index contributed by atoms with van der Waals surface area (Å²) in [6.45, 7) is 7.06. The van der Waals surface area contributed by atoms with E-state index in [4.69, 9.17) is 0 Å². The van der Waals surface area contributed by atoms with Gasteiger partial charge >= 0.3 is 0 Å². The molecule has 1 unspecified atom stereocenters. The van der Waals surface area contributed by atoms with Crippen LogP contribution in [0.4, 0.5) is 0 Å². The van der Waals surface area contributed by atoms with Gasteiger partial charge in [-0.25, -0.2) is 0 Å². The van der Waals surface area contributed by atoms with Crippen LogP contribution in [0.15, 0.2) is 54.6 Å². The number of benzene rings is 2. The van der Waals surface area contributed by atoms with Crippen molar-refractivity contribution in [1.29, 1.82) is 0 Å². The van der Waals surface area contributed by atoms with E-state index in [1.807, 2.05) is 0 Å². The second-order valence-corrected chi connectivity index (χ2v) is 6.83. The number of nitrogens with zero attached hydrogens (tertiary/aromatic N) is 2. The van der Waals surface area contributed by atoms with E-state index < -0.39 is 0 Å². The summed E-state index contributed by atoms with van der Waals surface area (Å²) in [6, 6.07) is 21.2. The maximum absolute atomic E-state index is 2.77. The Hall–Kier alpha value is -1.64. The Bertz CT molecular complexity index is 652. The van der Waals surface area contributed by atoms with Gasteiger partial charge in [-0.2, -0.15) is 0 Å². The molecule has 0 spiro atoms. The Labute approximate surface area is 139 Å². The molecule has 2 aromatic rings. The Morgan fingerprint density at radius 3 is 2.52 bits per heavy atom. The lowest BCUT2D eigenvalue weighted by Crippen LogP contribution is -2.44. The van der Waals surface area contributed by atoms with Gasteiger partial charge in [0, 0.05) is 19.1 Å². The van der Waals surface area contributed by atoms with Gasteiger partial charge in [-0.1, -0.05) is 61.5 Å². The predicted octanol–water partition coefficient (Wildman–Crippen LogP) is 3.73. The van der Waals surface area contributed by atoms with Gasteiger partial charge in [-0.15, -0.1) is 0 Å². The zero-order chi connectivity index (χ0) is 15.6. The first-order valence-electron chi connectivity index (χ1n) is 8.97. The molecule has 120 valence electrons. The molecule has 1 saturated heterocycles. The maximum Gasteiger partial charge on any atom is 0.0607 e. The van der Waals surface area contributed by atoms with Crippen molar-refractivity contribution in [2.75, 3.05) is 26.2 Å². The molecule has 2 atom stereocenters. The molecule has 0 aromatic heterocycles. The number of hydrogen-bond donors (Lipinski definition) is 0. The van der Waals surface area contributed by atoms with E-state index in [0.717, 1.165) is 0 Å². The lowest BCUT2D eigenvalue weighted by molar-refractivity contribution is 0.146. The molecule has 23 heavy (non-hydrogen) atoms. The molecule has 2 aromatic carbocycles. The molecule has 0 N–H and O–H groups in total. The highest BCUT2D eigenvalue weighted by atomic mass is 15.3. The van der Waals surface area contributed by atoms with Crippen molar-refractivity contribution in [2.24, 2.45) is 0 Å². The minimum atomic E-state index is 0.419. The molecule has 2 heteroatoms. The molecule has 2 aliphatic heterocycles. The van der Waals surface area contributed by atoms with Gasteiger partial charge in [0.25, 0.3) is 0 Å². The van der Waals surface area contributed by atoms with Gasteiger partial charge in [0.1, 0.15) is 0 Å². The Balaban J connectivity index is 1.76. The zero-order valence-electron chi connectivity index (χ0n) is 14.0. The van der Waals surface area contributed by atoms with E-state index in [2.05, 4.69) is 71.3 Å². The minimum Gasteiger partial charge on any atom is -0.302 e. The van der Waals surface area contributed by atoms with Crippen molar-refractivity contribution < 1.29 is 0 Å². The SMILES string of the molecule is CCN1CC[C@H]2Cc3ccccc3C(c3ccccc3)N2CC1. The number of hydrogen-bond acceptors (Lipinski definition) is 2. The van der Waals surface area contributed by atoms with E-state index in [1.54, 1.807) is 5.56 Å². The highest BCUT2D eigenvalue weighted by molar-refractivity contribution is 5.40. The smallest absolute Gasteiger partial charge is 0.0607 e. The summed E-state index contributed by atoms with van der Waals surface area (Å²) in [5.41, 5.74) is 4.50. The largest absolute Gasteiger partial charge is 0.302 e. The van der Waals surface area contributed by atoms with E-state index in [1.165, 1.54) is 50.1 Å². The predicted molar refractivity (Wildman–Crippen MR) is 95.7 cm³/mol. The molecule has 0 amide bonds. The lowest BCUT2D eigenvalue weighted by Gasteiger charge is -2.42. The number of fused-ring (bicyclic) bond motifs is 2. The molecule has 0 aliphatic carbocycles. The van der Waals surface area contributed by atoms with Crippen molar-refractivity contribution in [3.63, 3.8) is 0 Å². The van der Waals surface area contributed by atoms with Crippen molar-refractivity contribution in [2.45, 2.75) is 31.8 Å². The summed E-state index contributed by atoms with van der Waals surface area (Å²) in [6.07, 6.45) is 2.49. The number of likely N-dealkylation sites (N-methyl/N-ethyl adjacent to an activating group) is 1. The van der Waals surface area contributed by atoms with Gasteiger partial charge in [0.05, 0.1) is 6.04 Å². The maximum atomic E-state index is 2.77. The molecular formula is C21H26N2. The van der Waals surface area contributed by atoms with Crippen LogP contribution in [0.2, 0.25) is 0 Å². The third-order valence-electron chi connectivity index (χ3n) is 5.62. The molecule has 2 heterocycles. The third kappa shape index (κ3) is 2.82. The molecule has 0 bridgehead atoms. The van der Waals surface area contributed by atoms with Crippen LogP contribution in [0.1, 0.15) is 36.1 Å². The topological polar surface area (TPSA) is 6.48 Å². The summed E-state index contributed by atoms with van der Waals surface area (Å²) in [4.78, 5) is 5.37. The van der Waals surface area contributed by atoms with Crippen LogP contribution in [0, 0.1) is 0 Å². The molecule has 2 aliphatic rings. The van der Waals surface area contributed by atoms with Crippen LogP contribution in [0.3, 0.4) is 0 Å². The summed E-state index contributed by atoms with van der Waals surface area (Å²) in [7, 11) is 0. The van der Waals surface area contributed by atoms with Crippen LogP contribution >= 0.6 is 0 Å². The van der Waals surface area contributed by atoms with E-state index >= 15 is 0 Å². The summed E-state index contributed by atoms with van der Waals surface area (Å²) < 4.78 is 0. The van der Waals surface area contributed by atoms with E-state index in [9.17, 15) is 0 Å². The average Bonchev–Trinajstić information content (AvgIpc) is 2.82. The molecule has 2 nitrogen and oxygen atoms in total. The molecule has 0 radical (unpaired) electrons. The van der Waals surface area contributed by atoms with Gasteiger partial charge in [-0.05, 0) is 42.6 Å². The van der Waals surface area contributed by atoms with Gasteiger partial charge in [0.2, 0.25) is 0 Å². The van der Waals surface area contributed by atoms with Crippen LogP contribution in [0.25, 0.3) is 0 Å². The monoisotopic (exact) mass is 306 g/mol. The molecule has 0 saturated carbocycles. The highest BCUT2D eigenvalue weighted by Crippen LogP contribution is 2.39. The highest BCUT2D eigenvalue weighted by Gasteiger charge is 2.36. The van der Waals surface area contributed by atoms with Gasteiger partial charge in [0.15, 0.2) is 0 Å². The second kappa shape index (κ2) is 6.46. The lowest BCUT2D eigenvalue weighted by atomic mass is 9.84. The standard InChI is InChI=1S/C21H26N2/c1-2-22-13-12-19-16-18-10-6-7-11-20(18)21(23(19)15-14-22)17-8-4-3-5-9-17/h3-11,19,21H,2,12-16H2,1H3/t19-,21?/m0/s1. The second-order valence-electron chi connectivity index (χ2n) is 6.83. The zero-order valence-corrected chi connectivity index (χ0v) is 14.0. The van der Waals surface area contributed by atoms with Crippen molar-refractivity contribution in [1.82, 2.24) is 9.80 Å². The van der Waals surface area contributed by atoms with Crippen LogP contribution < -0.4 is 0 Å². The fraction of sp³-hybridized carbons (Fsp3) is 0.429. The fourth-order valence-corrected chi connectivity index (χ4v) is 4.35. The Kier molecular flexibility index (Phi) is 4.19. The summed E-state index contributed by atoms with van der Waals surface area (Å²) >= 11 is 0. The summed E-state index contributed by atoms with van der Waals surface area (Å²) in [5.74, 6) is 0. The molecular weight excluding hydrogens is 280 g/mol. The number of rotatable bonds is 2. The van der Waals surface area contributed by atoms with Crippen LogP contribution in [-0.4, -0.2) is 42.0 Å². The van der Waals surface area contributed by atoms with Gasteiger partial charge in [-0.3, -0.25) is 4.90 Å². The fourth-order valence-electron chi connectivity index (χ4n) is 4.35. The van der Waals surface area contributed by atoms with Crippen LogP contribution in [-0.2, 0) is 6.42 Å². The van der Waals surface area contributed by atoms with Crippen molar-refractivity contribution in [3.8, 4) is 0 Å². The molecule has 1 fully saturated rings. The minimum absolute atomic E-state index is 0.419. The third-order valence-corrected chi connectivity index (χ3v) is 5.62. The normalized spacial score (nSPS) is 25.4. The van der Waals surface area contributed by atoms with Crippen molar-refractivity contribution in [3.05, 3.63) is 71.3 Å². The van der Waals surface area contributed by atoms with E-state index in [-0.39, 0.29) is 0 Å². The summed E-state index contributed by atoms with van der Waals surface area (Å²) in [5, 5.41) is 0. The van der Waals surface area contributed by atoms with E-state index in [0.29, 0.717) is 12.1 Å². The Morgan fingerprint density at radius 2 is 1.70 bits per heavy atom. The van der Waals surface area contributed by atoms with Crippen LogP contribution in [0.5, 0.6) is 0 Å². The first-order valence-corrected chi connectivity index (χ1v) is 8.97. The van der Waals surface area contributed by atoms with Gasteiger partial charge < -0.3 is 4.90 Å². The first-order chi connectivity index (χ1) is 11.4.